The fourth-order valence-corrected chi connectivity index (χ4v) is 6.06. The minimum Gasteiger partial charge on any atom is -0.482 e. The Morgan fingerprint density at radius 3 is 2.62 bits per heavy atom. The molecule has 2 amide bonds. The van der Waals surface area contributed by atoms with Crippen LogP contribution in [0.5, 0.6) is 5.75 Å². The van der Waals surface area contributed by atoms with E-state index in [0.29, 0.717) is 57.7 Å². The Hall–Kier alpha value is -5.19. The van der Waals surface area contributed by atoms with Gasteiger partial charge in [-0.3, -0.25) is 9.69 Å². The number of fused-ring (bicyclic) bond motifs is 2. The molecule has 12 nitrogen and oxygen atoms in total. The number of halogens is 2. The first-order valence-corrected chi connectivity index (χ1v) is 15.8. The maximum atomic E-state index is 15.8. The number of aromatic nitrogens is 5. The second kappa shape index (κ2) is 12.8. The molecule has 4 aromatic rings. The van der Waals surface area contributed by atoms with Crippen molar-refractivity contribution in [2.24, 2.45) is 5.92 Å². The second-order valence-electron chi connectivity index (χ2n) is 13.4. The van der Waals surface area contributed by atoms with Crippen molar-refractivity contribution in [2.75, 3.05) is 24.6 Å². The summed E-state index contributed by atoms with van der Waals surface area (Å²) < 4.78 is 42.1. The Labute approximate surface area is 276 Å². The van der Waals surface area contributed by atoms with Crippen molar-refractivity contribution in [3.8, 4) is 22.9 Å². The molecule has 0 radical (unpaired) electrons. The zero-order chi connectivity index (χ0) is 34.3. The van der Waals surface area contributed by atoms with Crippen molar-refractivity contribution in [3.63, 3.8) is 0 Å². The van der Waals surface area contributed by atoms with E-state index in [2.05, 4.69) is 21.1 Å². The number of amides is 2. The number of carbonyl (C=O) groups excluding carboxylic acids is 2. The predicted molar refractivity (Wildman–Crippen MR) is 171 cm³/mol. The molecule has 3 aromatic heterocycles. The van der Waals surface area contributed by atoms with E-state index < -0.39 is 29.7 Å². The smallest absolute Gasteiger partial charge is 0.410 e. The number of ether oxygens (including phenoxy) is 2. The number of alkyl halides is 1. The predicted octanol–water partition coefficient (Wildman–Crippen LogP) is 5.54. The van der Waals surface area contributed by atoms with Crippen LogP contribution in [0.1, 0.15) is 64.2 Å². The van der Waals surface area contributed by atoms with Crippen LogP contribution in [0.25, 0.3) is 22.2 Å². The summed E-state index contributed by atoms with van der Waals surface area (Å²) in [6.45, 7) is 9.26. The van der Waals surface area contributed by atoms with E-state index >= 15 is 4.39 Å². The number of likely N-dealkylation sites (tertiary alicyclic amines) is 1. The van der Waals surface area contributed by atoms with E-state index in [1.807, 2.05) is 13.8 Å². The van der Waals surface area contributed by atoms with Gasteiger partial charge in [0.15, 0.2) is 18.1 Å². The Morgan fingerprint density at radius 1 is 1.21 bits per heavy atom. The van der Waals surface area contributed by atoms with Gasteiger partial charge in [-0.25, -0.2) is 33.2 Å². The molecule has 0 unspecified atom stereocenters. The van der Waals surface area contributed by atoms with Crippen LogP contribution < -0.4 is 9.64 Å². The highest BCUT2D eigenvalue weighted by atomic mass is 19.1. The largest absolute Gasteiger partial charge is 0.482 e. The zero-order valence-electron chi connectivity index (χ0n) is 27.4. The first kappa shape index (κ1) is 32.7. The van der Waals surface area contributed by atoms with Crippen molar-refractivity contribution in [3.05, 3.63) is 59.7 Å². The average Bonchev–Trinajstić information content (AvgIpc) is 3.44. The number of rotatable bonds is 6. The number of hydrogen-bond donors (Lipinski definition) is 0. The van der Waals surface area contributed by atoms with Gasteiger partial charge in [0.25, 0.3) is 5.91 Å². The molecule has 0 aliphatic carbocycles. The van der Waals surface area contributed by atoms with Crippen molar-refractivity contribution in [1.82, 2.24) is 29.6 Å². The number of benzene rings is 1. The van der Waals surface area contributed by atoms with E-state index in [9.17, 15) is 19.2 Å². The van der Waals surface area contributed by atoms with Gasteiger partial charge in [-0.2, -0.15) is 10.4 Å². The molecule has 6 rings (SSSR count). The van der Waals surface area contributed by atoms with Gasteiger partial charge < -0.3 is 14.4 Å². The van der Waals surface area contributed by atoms with Gasteiger partial charge in [-0.1, -0.05) is 19.9 Å². The third-order valence-electron chi connectivity index (χ3n) is 8.17. The van der Waals surface area contributed by atoms with Crippen LogP contribution >= 0.6 is 0 Å². The summed E-state index contributed by atoms with van der Waals surface area (Å²) in [5.74, 6) is -0.0663. The Morgan fingerprint density at radius 2 is 1.96 bits per heavy atom. The van der Waals surface area contributed by atoms with Gasteiger partial charge >= 0.3 is 6.09 Å². The minimum absolute atomic E-state index is 0.0141. The molecule has 1 fully saturated rings. The number of nitrogens with zero attached hydrogens (tertiary/aromatic N) is 8. The van der Waals surface area contributed by atoms with Crippen molar-refractivity contribution in [2.45, 2.75) is 71.8 Å². The maximum Gasteiger partial charge on any atom is 0.410 e. The van der Waals surface area contributed by atoms with Crippen LogP contribution in [0.3, 0.4) is 0 Å². The number of anilines is 1. The molecule has 2 aliphatic rings. The maximum absolute atomic E-state index is 15.8. The lowest BCUT2D eigenvalue weighted by Gasteiger charge is -2.35. The first-order valence-electron chi connectivity index (χ1n) is 15.8. The average molecular weight is 659 g/mol. The lowest BCUT2D eigenvalue weighted by molar-refractivity contribution is -0.121. The quantitative estimate of drug-likeness (QED) is 0.261. The number of carbonyl (C=O) groups is 2. The van der Waals surface area contributed by atoms with Crippen molar-refractivity contribution in [1.29, 1.82) is 5.26 Å². The molecule has 0 saturated carbocycles. The normalized spacial score (nSPS) is 18.1. The van der Waals surface area contributed by atoms with Crippen LogP contribution in [0.15, 0.2) is 36.8 Å². The highest BCUT2D eigenvalue weighted by molar-refractivity contribution is 6.00. The summed E-state index contributed by atoms with van der Waals surface area (Å²) >= 11 is 0. The van der Waals surface area contributed by atoms with Gasteiger partial charge in [0.2, 0.25) is 0 Å². The van der Waals surface area contributed by atoms with Gasteiger partial charge in [-0.15, -0.1) is 0 Å². The third kappa shape index (κ3) is 6.49. The first-order chi connectivity index (χ1) is 22.8. The molecule has 0 spiro atoms. The summed E-state index contributed by atoms with van der Waals surface area (Å²) in [5, 5.41) is 15.6. The number of hydrogen-bond acceptors (Lipinski definition) is 9. The fourth-order valence-electron chi connectivity index (χ4n) is 6.06. The molecular weight excluding hydrogens is 622 g/mol. The fraction of sp³-hybridized carbons (Fsp3) is 0.441. The van der Waals surface area contributed by atoms with Crippen LogP contribution in [-0.2, 0) is 22.5 Å². The minimum atomic E-state index is -1.44. The molecule has 1 saturated heterocycles. The number of pyridine rings is 1. The molecule has 14 heteroatoms. The van der Waals surface area contributed by atoms with E-state index in [1.54, 1.807) is 49.8 Å². The molecule has 48 heavy (non-hydrogen) atoms. The molecule has 0 bridgehead atoms. The molecule has 2 aliphatic heterocycles. The highest BCUT2D eigenvalue weighted by Crippen LogP contribution is 2.41. The van der Waals surface area contributed by atoms with Crippen LogP contribution in [0.4, 0.5) is 19.3 Å². The molecule has 0 N–H and O–H groups in total. The second-order valence-corrected chi connectivity index (χ2v) is 13.4. The van der Waals surface area contributed by atoms with Gasteiger partial charge in [0.1, 0.15) is 29.4 Å². The van der Waals surface area contributed by atoms with Crippen LogP contribution in [0.2, 0.25) is 0 Å². The summed E-state index contributed by atoms with van der Waals surface area (Å²) in [6, 6.07) is 6.90. The number of piperidine rings is 1. The lowest BCUT2D eigenvalue weighted by atomic mass is 9.93. The Bertz CT molecular complexity index is 1920. The zero-order valence-corrected chi connectivity index (χ0v) is 27.4. The van der Waals surface area contributed by atoms with Crippen LogP contribution in [-0.4, -0.2) is 73.1 Å². The molecule has 2 atom stereocenters. The van der Waals surface area contributed by atoms with E-state index in [0.717, 1.165) is 12.4 Å². The Kier molecular flexibility index (Phi) is 8.72. The topological polar surface area (TPSA) is 139 Å². The summed E-state index contributed by atoms with van der Waals surface area (Å²) in [5.41, 5.74) is 2.34. The number of nitriles is 1. The molecule has 1 aromatic carbocycles. The SMILES string of the molecule is CC(C)Cc1nc2c(cnn2[C@@H]2CCN(C(=O)OC(C)(C)C)C[C@H]2F)c(-c2ccc3c(c2)OCC(=O)N3Cc2ncc(F)cn2)c1C#N. The standard InChI is InChI=1S/C34H36F2N8O4/c1-19(2)10-25-22(12-37)31(20-6-7-27-28(11-20)47-18-30(45)43(27)17-29-38-13-21(35)14-39-29)23-15-40-44(32(23)41-25)26-8-9-42(16-24(26)36)33(46)48-34(3,4)5/h6-7,11,13-15,19,24,26H,8-10,16-18H2,1-5H3/t24-,26-/m1/s1. The van der Waals surface area contributed by atoms with E-state index in [1.165, 1.54) is 9.80 Å². The van der Waals surface area contributed by atoms with Crippen molar-refractivity contribution < 1.29 is 27.8 Å². The van der Waals surface area contributed by atoms with E-state index in [4.69, 9.17) is 14.5 Å². The van der Waals surface area contributed by atoms with E-state index in [-0.39, 0.29) is 43.9 Å². The third-order valence-corrected chi connectivity index (χ3v) is 8.17. The monoisotopic (exact) mass is 658 g/mol. The molecule has 5 heterocycles. The highest BCUT2D eigenvalue weighted by Gasteiger charge is 2.37. The van der Waals surface area contributed by atoms with Gasteiger partial charge in [0.05, 0.1) is 54.7 Å². The van der Waals surface area contributed by atoms with Gasteiger partial charge in [-0.05, 0) is 57.2 Å². The van der Waals surface area contributed by atoms with Gasteiger partial charge in [0, 0.05) is 17.5 Å². The molecular formula is C34H36F2N8O4. The summed E-state index contributed by atoms with van der Waals surface area (Å²) in [7, 11) is 0. The summed E-state index contributed by atoms with van der Waals surface area (Å²) in [6.07, 6.45) is 2.46. The van der Waals surface area contributed by atoms with Crippen molar-refractivity contribution >= 4 is 28.7 Å². The van der Waals surface area contributed by atoms with Crippen LogP contribution in [0, 0.1) is 23.1 Å². The summed E-state index contributed by atoms with van der Waals surface area (Å²) in [4.78, 5) is 41.2. The lowest BCUT2D eigenvalue weighted by Crippen LogP contribution is -2.47. The molecule has 250 valence electrons. The Balaban J connectivity index is 1.39.